The summed E-state index contributed by atoms with van der Waals surface area (Å²) in [5.74, 6) is -1.04. The first kappa shape index (κ1) is 14.2. The van der Waals surface area contributed by atoms with Gasteiger partial charge in [-0.2, -0.15) is 0 Å². The molecule has 1 unspecified atom stereocenters. The van der Waals surface area contributed by atoms with E-state index in [1.807, 2.05) is 0 Å². The maximum atomic E-state index is 14.1. The molecule has 0 aliphatic carbocycles. The molecule has 2 aromatic rings. The largest absolute Gasteiger partial charge is 0.355 e. The summed E-state index contributed by atoms with van der Waals surface area (Å²) >= 11 is 0. The maximum Gasteiger partial charge on any atom is 0.225 e. The van der Waals surface area contributed by atoms with Crippen LogP contribution in [0.15, 0.2) is 36.9 Å². The highest BCUT2D eigenvalue weighted by Crippen LogP contribution is 2.15. The number of nitrogens with one attached hydrogen (secondary N) is 2. The fraction of sp³-hybridized carbons (Fsp3) is 0.267. The van der Waals surface area contributed by atoms with E-state index in [0.29, 0.717) is 17.8 Å². The average Bonchev–Trinajstić information content (AvgIpc) is 3.16. The van der Waals surface area contributed by atoms with Crippen LogP contribution in [-0.4, -0.2) is 27.9 Å². The van der Waals surface area contributed by atoms with E-state index >= 15 is 0 Å². The number of hydrogen-bond donors (Lipinski definition) is 2. The summed E-state index contributed by atoms with van der Waals surface area (Å²) in [4.78, 5) is 26.8. The zero-order chi connectivity index (χ0) is 15.5. The molecule has 1 aromatic carbocycles. The third kappa shape index (κ3) is 2.98. The van der Waals surface area contributed by atoms with Crippen molar-refractivity contribution in [3.63, 3.8) is 0 Å². The molecule has 1 fully saturated rings. The number of nitrogens with zero attached hydrogens (tertiary/aromatic N) is 2. The van der Waals surface area contributed by atoms with E-state index in [0.717, 1.165) is 0 Å². The molecule has 3 rings (SSSR count). The first-order chi connectivity index (χ1) is 10.6. The fourth-order valence-electron chi connectivity index (χ4n) is 2.40. The molecule has 2 N–H and O–H groups in total. The van der Waals surface area contributed by atoms with Crippen molar-refractivity contribution < 1.29 is 14.0 Å². The molecule has 0 radical (unpaired) electrons. The highest BCUT2D eigenvalue weighted by molar-refractivity contribution is 5.89. The summed E-state index contributed by atoms with van der Waals surface area (Å²) in [6.07, 6.45) is 4.96. The molecule has 2 heterocycles. The first-order valence-electron chi connectivity index (χ1n) is 6.94. The van der Waals surface area contributed by atoms with Gasteiger partial charge < -0.3 is 15.2 Å². The van der Waals surface area contributed by atoms with Crippen molar-refractivity contribution in [3.05, 3.63) is 48.3 Å². The van der Waals surface area contributed by atoms with Crippen molar-refractivity contribution in [1.82, 2.24) is 20.2 Å². The number of hydrogen-bond acceptors (Lipinski definition) is 3. The van der Waals surface area contributed by atoms with Gasteiger partial charge in [0.25, 0.3) is 0 Å². The van der Waals surface area contributed by atoms with E-state index in [1.165, 1.54) is 12.4 Å². The second kappa shape index (κ2) is 5.97. The van der Waals surface area contributed by atoms with Gasteiger partial charge in [0.2, 0.25) is 11.8 Å². The van der Waals surface area contributed by atoms with Crippen molar-refractivity contribution in [2.45, 2.75) is 13.0 Å². The van der Waals surface area contributed by atoms with Gasteiger partial charge in [-0.05, 0) is 17.7 Å². The van der Waals surface area contributed by atoms with Crippen LogP contribution in [0.25, 0.3) is 5.69 Å². The molecule has 7 heteroatoms. The molecule has 1 aromatic heterocycles. The smallest absolute Gasteiger partial charge is 0.225 e. The highest BCUT2D eigenvalue weighted by atomic mass is 19.1. The third-order valence-electron chi connectivity index (χ3n) is 3.61. The number of halogens is 1. The van der Waals surface area contributed by atoms with Crippen LogP contribution >= 0.6 is 0 Å². The number of carbonyl (C=O) groups excluding carboxylic acids is 2. The van der Waals surface area contributed by atoms with Gasteiger partial charge in [0.1, 0.15) is 5.82 Å². The van der Waals surface area contributed by atoms with Crippen molar-refractivity contribution in [1.29, 1.82) is 0 Å². The van der Waals surface area contributed by atoms with Crippen molar-refractivity contribution >= 4 is 11.8 Å². The van der Waals surface area contributed by atoms with E-state index < -0.39 is 0 Å². The summed E-state index contributed by atoms with van der Waals surface area (Å²) in [5.41, 5.74) is 1.06. The molecular weight excluding hydrogens is 287 g/mol. The van der Waals surface area contributed by atoms with Crippen LogP contribution in [0.1, 0.15) is 12.0 Å². The van der Waals surface area contributed by atoms with Crippen LogP contribution in [0.3, 0.4) is 0 Å². The topological polar surface area (TPSA) is 76.0 Å². The second-order valence-corrected chi connectivity index (χ2v) is 5.18. The normalized spacial score (nSPS) is 17.3. The molecule has 2 amide bonds. The third-order valence-corrected chi connectivity index (χ3v) is 3.61. The van der Waals surface area contributed by atoms with Crippen LogP contribution in [-0.2, 0) is 16.1 Å². The molecule has 114 valence electrons. The zero-order valence-corrected chi connectivity index (χ0v) is 11.8. The van der Waals surface area contributed by atoms with E-state index in [-0.39, 0.29) is 36.5 Å². The van der Waals surface area contributed by atoms with Gasteiger partial charge in [-0.3, -0.25) is 9.59 Å². The predicted octanol–water partition coefficient (Wildman–Crippen LogP) is 0.764. The molecule has 1 aliphatic rings. The monoisotopic (exact) mass is 302 g/mol. The lowest BCUT2D eigenvalue weighted by Crippen LogP contribution is -2.31. The average molecular weight is 302 g/mol. The van der Waals surface area contributed by atoms with Gasteiger partial charge in [0.15, 0.2) is 0 Å². The number of imidazole rings is 1. The summed E-state index contributed by atoms with van der Waals surface area (Å²) in [5, 5.41) is 5.34. The standard InChI is InChI=1S/C15H15FN4O2/c16-12-5-10(1-2-13(12)20-4-3-17-9-20)7-19-15(22)11-6-14(21)18-8-11/h1-5,9,11H,6-8H2,(H,18,21)(H,19,22). The predicted molar refractivity (Wildman–Crippen MR) is 76.5 cm³/mol. The molecule has 1 aliphatic heterocycles. The van der Waals surface area contributed by atoms with E-state index in [2.05, 4.69) is 15.6 Å². The minimum absolute atomic E-state index is 0.115. The lowest BCUT2D eigenvalue weighted by molar-refractivity contribution is -0.126. The quantitative estimate of drug-likeness (QED) is 0.875. The highest BCUT2D eigenvalue weighted by Gasteiger charge is 2.27. The second-order valence-electron chi connectivity index (χ2n) is 5.18. The summed E-state index contributed by atoms with van der Waals surface area (Å²) in [7, 11) is 0. The van der Waals surface area contributed by atoms with Gasteiger partial charge in [-0.1, -0.05) is 6.07 Å². The SMILES string of the molecule is O=C1CC(C(=O)NCc2ccc(-n3ccnc3)c(F)c2)CN1. The minimum atomic E-state index is -0.387. The Morgan fingerprint density at radius 2 is 2.36 bits per heavy atom. The van der Waals surface area contributed by atoms with Crippen molar-refractivity contribution in [2.24, 2.45) is 5.92 Å². The van der Waals surface area contributed by atoms with Crippen molar-refractivity contribution in [2.75, 3.05) is 6.54 Å². The van der Waals surface area contributed by atoms with E-state index in [4.69, 9.17) is 0 Å². The molecule has 0 bridgehead atoms. The van der Waals surface area contributed by atoms with Crippen LogP contribution in [0, 0.1) is 11.7 Å². The molecule has 0 spiro atoms. The van der Waals surface area contributed by atoms with Gasteiger partial charge in [0.05, 0.1) is 17.9 Å². The van der Waals surface area contributed by atoms with Crippen LogP contribution in [0.5, 0.6) is 0 Å². The number of rotatable bonds is 4. The Hall–Kier alpha value is -2.70. The molecule has 0 saturated carbocycles. The zero-order valence-electron chi connectivity index (χ0n) is 11.8. The summed E-state index contributed by atoms with van der Waals surface area (Å²) in [6.45, 7) is 0.587. The molecule has 6 nitrogen and oxygen atoms in total. The minimum Gasteiger partial charge on any atom is -0.355 e. The Labute approximate surface area is 126 Å². The van der Waals surface area contributed by atoms with E-state index in [1.54, 1.807) is 29.1 Å². The molecule has 1 saturated heterocycles. The number of benzene rings is 1. The summed E-state index contributed by atoms with van der Waals surface area (Å²) in [6, 6.07) is 4.77. The Bertz CT molecular complexity index is 700. The van der Waals surface area contributed by atoms with Gasteiger partial charge in [-0.15, -0.1) is 0 Å². The van der Waals surface area contributed by atoms with Gasteiger partial charge >= 0.3 is 0 Å². The maximum absolute atomic E-state index is 14.1. The van der Waals surface area contributed by atoms with Crippen molar-refractivity contribution in [3.8, 4) is 5.69 Å². The molecule has 1 atom stereocenters. The van der Waals surface area contributed by atoms with E-state index in [9.17, 15) is 14.0 Å². The number of carbonyl (C=O) groups is 2. The van der Waals surface area contributed by atoms with Crippen LogP contribution in [0.4, 0.5) is 4.39 Å². The Kier molecular flexibility index (Phi) is 3.86. The number of amides is 2. The first-order valence-corrected chi connectivity index (χ1v) is 6.94. The molecular formula is C15H15FN4O2. The van der Waals surface area contributed by atoms with Gasteiger partial charge in [-0.25, -0.2) is 9.37 Å². The van der Waals surface area contributed by atoms with Gasteiger partial charge in [0, 0.05) is 31.9 Å². The summed E-state index contributed by atoms with van der Waals surface area (Å²) < 4.78 is 15.7. The Morgan fingerprint density at radius 1 is 1.50 bits per heavy atom. The Balaban J connectivity index is 1.63. The van der Waals surface area contributed by atoms with Crippen LogP contribution in [0.2, 0.25) is 0 Å². The fourth-order valence-corrected chi connectivity index (χ4v) is 2.40. The van der Waals surface area contributed by atoms with Crippen LogP contribution < -0.4 is 10.6 Å². The Morgan fingerprint density at radius 3 is 3.00 bits per heavy atom. The lowest BCUT2D eigenvalue weighted by Gasteiger charge is -2.10. The number of aromatic nitrogens is 2. The lowest BCUT2D eigenvalue weighted by atomic mass is 10.1. The molecule has 22 heavy (non-hydrogen) atoms.